The molecule has 0 aliphatic heterocycles. The van der Waals surface area contributed by atoms with Crippen LogP contribution in [0, 0.1) is 0 Å². The van der Waals surface area contributed by atoms with Gasteiger partial charge in [0.2, 0.25) is 0 Å². The lowest BCUT2D eigenvalue weighted by Crippen LogP contribution is -2.13. The van der Waals surface area contributed by atoms with E-state index in [1.807, 2.05) is 0 Å². The first kappa shape index (κ1) is 7.06. The second-order valence-electron chi connectivity index (χ2n) is 2.58. The van der Waals surface area contributed by atoms with Crippen LogP contribution in [0.3, 0.4) is 0 Å². The molecule has 0 saturated heterocycles. The first-order valence-corrected chi connectivity index (χ1v) is 4.69. The van der Waals surface area contributed by atoms with Crippen LogP contribution in [0.2, 0.25) is 0 Å². The highest BCUT2D eigenvalue weighted by atomic mass is 32.2. The molecule has 2 nitrogen and oxygen atoms in total. The molecule has 1 aliphatic rings. The molecule has 1 fully saturated rings. The second kappa shape index (κ2) is 3.20. The predicted molar refractivity (Wildman–Crippen MR) is 37.2 cm³/mol. The Balaban J connectivity index is 2.40. The molecule has 1 rings (SSSR count). The molecule has 3 heteroatoms. The van der Waals surface area contributed by atoms with Crippen molar-refractivity contribution in [2.75, 3.05) is 0 Å². The Kier molecular flexibility index (Phi) is 2.51. The number of hydrogen-bond acceptors (Lipinski definition) is 2. The van der Waals surface area contributed by atoms with Crippen molar-refractivity contribution in [1.82, 2.24) is 0 Å². The average Bonchev–Trinajstić information content (AvgIpc) is 1.90. The maximum absolute atomic E-state index is 10.4. The van der Waals surface area contributed by atoms with Crippen molar-refractivity contribution in [3.63, 3.8) is 0 Å². The minimum Gasteiger partial charge on any atom is -0.232 e. The maximum atomic E-state index is 10.4. The van der Waals surface area contributed by atoms with Crippen LogP contribution in [0.25, 0.3) is 0 Å². The molecule has 0 unspecified atom stereocenters. The summed E-state index contributed by atoms with van der Waals surface area (Å²) in [4.78, 5) is 0. The fourth-order valence-corrected chi connectivity index (χ4v) is 2.08. The molecule has 0 spiro atoms. The molecule has 0 N–H and O–H groups in total. The Morgan fingerprint density at radius 2 is 1.56 bits per heavy atom. The summed E-state index contributed by atoms with van der Waals surface area (Å²) in [6.07, 6.45) is 5.24. The Morgan fingerprint density at radius 3 is 1.89 bits per heavy atom. The zero-order chi connectivity index (χ0) is 6.69. The third-order valence-electron chi connectivity index (χ3n) is 1.87. The van der Waals surface area contributed by atoms with Gasteiger partial charge in [0.15, 0.2) is 0 Å². The molecule has 0 heterocycles. The van der Waals surface area contributed by atoms with Crippen LogP contribution in [-0.4, -0.2) is 13.7 Å². The van der Waals surface area contributed by atoms with Crippen LogP contribution in [-0.2, 0) is 10.7 Å². The second-order valence-corrected chi connectivity index (χ2v) is 3.88. The lowest BCUT2D eigenvalue weighted by Gasteiger charge is -2.14. The molecule has 1 saturated carbocycles. The quantitative estimate of drug-likeness (QED) is 0.561. The smallest absolute Gasteiger partial charge is 0.143 e. The van der Waals surface area contributed by atoms with E-state index in [1.54, 1.807) is 0 Å². The molecule has 0 atom stereocenters. The third-order valence-corrected chi connectivity index (χ3v) is 2.99. The van der Waals surface area contributed by atoms with Crippen LogP contribution in [0.4, 0.5) is 0 Å². The summed E-state index contributed by atoms with van der Waals surface area (Å²) < 4.78 is 20.8. The zero-order valence-electron chi connectivity index (χ0n) is 5.38. The van der Waals surface area contributed by atoms with Crippen molar-refractivity contribution >= 4 is 10.7 Å². The first-order chi connectivity index (χ1) is 4.30. The van der Waals surface area contributed by atoms with Crippen molar-refractivity contribution in [3.8, 4) is 0 Å². The summed E-state index contributed by atoms with van der Waals surface area (Å²) in [5.41, 5.74) is 0. The molecular weight excluding hydrogens is 136 g/mol. The van der Waals surface area contributed by atoms with E-state index in [2.05, 4.69) is 0 Å². The van der Waals surface area contributed by atoms with Gasteiger partial charge in [-0.1, -0.05) is 19.3 Å². The van der Waals surface area contributed by atoms with E-state index in [0.29, 0.717) is 0 Å². The molecule has 0 aromatic carbocycles. The van der Waals surface area contributed by atoms with Gasteiger partial charge in [0.1, 0.15) is 10.7 Å². The molecular formula is C6H12O2S. The Morgan fingerprint density at radius 1 is 1.00 bits per heavy atom. The molecule has 9 heavy (non-hydrogen) atoms. The van der Waals surface area contributed by atoms with Gasteiger partial charge in [-0.05, 0) is 12.8 Å². The number of thiol groups is 1. The molecule has 0 bridgehead atoms. The van der Waals surface area contributed by atoms with Gasteiger partial charge in [0.25, 0.3) is 0 Å². The maximum Gasteiger partial charge on any atom is 0.143 e. The van der Waals surface area contributed by atoms with E-state index in [9.17, 15) is 8.42 Å². The van der Waals surface area contributed by atoms with Crippen LogP contribution in [0.1, 0.15) is 32.1 Å². The molecule has 0 amide bonds. The van der Waals surface area contributed by atoms with E-state index in [-0.39, 0.29) is 5.25 Å². The van der Waals surface area contributed by atoms with Crippen LogP contribution in [0.5, 0.6) is 0 Å². The van der Waals surface area contributed by atoms with Crippen LogP contribution < -0.4 is 0 Å². The van der Waals surface area contributed by atoms with Gasteiger partial charge < -0.3 is 0 Å². The lowest BCUT2D eigenvalue weighted by molar-refractivity contribution is 0.492. The zero-order valence-corrected chi connectivity index (χ0v) is 6.27. The summed E-state index contributed by atoms with van der Waals surface area (Å²) in [6, 6.07) is 0. The summed E-state index contributed by atoms with van der Waals surface area (Å²) in [6.45, 7) is 0. The Labute approximate surface area is 57.2 Å². The van der Waals surface area contributed by atoms with Gasteiger partial charge in [0, 0.05) is 0 Å². The topological polar surface area (TPSA) is 34.1 Å². The van der Waals surface area contributed by atoms with Gasteiger partial charge in [0.05, 0.1) is 5.25 Å². The highest BCUT2D eigenvalue weighted by Crippen LogP contribution is 2.19. The molecule has 1 aliphatic carbocycles. The summed E-state index contributed by atoms with van der Waals surface area (Å²) in [5, 5.41) is 0.00810. The average molecular weight is 148 g/mol. The fraction of sp³-hybridized carbons (Fsp3) is 1.00. The normalized spacial score (nSPS) is 22.8. The Hall–Kier alpha value is -0.0500. The summed E-state index contributed by atoms with van der Waals surface area (Å²) in [5.74, 6) is 0. The number of rotatable bonds is 1. The fourth-order valence-electron chi connectivity index (χ4n) is 1.29. The van der Waals surface area contributed by atoms with Gasteiger partial charge in [-0.2, -0.15) is 0 Å². The predicted octanol–water partition coefficient (Wildman–Crippen LogP) is 0.931. The molecule has 0 aromatic rings. The molecule has 54 valence electrons. The highest BCUT2D eigenvalue weighted by Gasteiger charge is 2.14. The van der Waals surface area contributed by atoms with Crippen LogP contribution in [0.15, 0.2) is 0 Å². The van der Waals surface area contributed by atoms with E-state index < -0.39 is 10.7 Å². The number of hydrogen-bond donors (Lipinski definition) is 1. The standard InChI is InChI=1S/C6H12O2S/c7-9(8)6-4-2-1-3-5-6/h6,9H,1-5H2. The summed E-state index contributed by atoms with van der Waals surface area (Å²) in [7, 11) is -2.12. The van der Waals surface area contributed by atoms with Gasteiger partial charge in [-0.3, -0.25) is 0 Å². The van der Waals surface area contributed by atoms with Crippen molar-refractivity contribution < 1.29 is 8.42 Å². The van der Waals surface area contributed by atoms with Crippen molar-refractivity contribution in [3.05, 3.63) is 0 Å². The van der Waals surface area contributed by atoms with E-state index in [1.165, 1.54) is 6.42 Å². The van der Waals surface area contributed by atoms with Gasteiger partial charge in [-0.25, -0.2) is 8.42 Å². The monoisotopic (exact) mass is 148 g/mol. The molecule has 0 aromatic heterocycles. The van der Waals surface area contributed by atoms with Gasteiger partial charge in [-0.15, -0.1) is 0 Å². The minimum atomic E-state index is -2.12. The van der Waals surface area contributed by atoms with E-state index in [0.717, 1.165) is 25.7 Å². The van der Waals surface area contributed by atoms with Crippen molar-refractivity contribution in [2.45, 2.75) is 37.4 Å². The lowest BCUT2D eigenvalue weighted by atomic mass is 10.0. The summed E-state index contributed by atoms with van der Waals surface area (Å²) >= 11 is 0. The minimum absolute atomic E-state index is 0.00810. The molecule has 0 radical (unpaired) electrons. The third kappa shape index (κ3) is 1.97. The van der Waals surface area contributed by atoms with Crippen molar-refractivity contribution in [1.29, 1.82) is 0 Å². The van der Waals surface area contributed by atoms with Gasteiger partial charge >= 0.3 is 0 Å². The SMILES string of the molecule is O=[SH](=O)C1CCCCC1. The highest BCUT2D eigenvalue weighted by molar-refractivity contribution is 7.73. The Bertz CT molecular complexity index is 137. The van der Waals surface area contributed by atoms with E-state index in [4.69, 9.17) is 0 Å². The van der Waals surface area contributed by atoms with Crippen molar-refractivity contribution in [2.24, 2.45) is 0 Å². The van der Waals surface area contributed by atoms with Crippen LogP contribution >= 0.6 is 0 Å². The largest absolute Gasteiger partial charge is 0.232 e. The first-order valence-electron chi connectivity index (χ1n) is 3.44. The van der Waals surface area contributed by atoms with E-state index >= 15 is 0 Å².